The fraction of sp³-hybridized carbons (Fsp3) is 0. The van der Waals surface area contributed by atoms with Gasteiger partial charge in [-0.05, 0) is 23.8 Å². The topological polar surface area (TPSA) is 114 Å². The second-order valence-corrected chi connectivity index (χ2v) is 5.16. The molecule has 0 amide bonds. The summed E-state index contributed by atoms with van der Waals surface area (Å²) in [6.45, 7) is 0. The summed E-state index contributed by atoms with van der Waals surface area (Å²) >= 11 is 5.79. The van der Waals surface area contributed by atoms with Gasteiger partial charge in [0, 0.05) is 16.5 Å². The molecule has 2 N–H and O–H groups in total. The number of halogens is 1. The molecule has 2 aromatic carbocycles. The number of rotatable bonds is 2. The Hall–Kier alpha value is -3.06. The fourth-order valence-corrected chi connectivity index (χ4v) is 2.32. The molecule has 23 heavy (non-hydrogen) atoms. The predicted molar refractivity (Wildman–Crippen MR) is 82.9 cm³/mol. The SMILES string of the molecule is O=c1oc2c(O)c(O)c([N+](=O)[O-])cc2cc1-c1ccc(Cl)cc1. The minimum absolute atomic E-state index is 0.108. The van der Waals surface area contributed by atoms with Gasteiger partial charge in [0.05, 0.1) is 10.5 Å². The average molecular weight is 334 g/mol. The van der Waals surface area contributed by atoms with Crippen LogP contribution in [0.2, 0.25) is 5.02 Å². The molecule has 3 aromatic rings. The van der Waals surface area contributed by atoms with Gasteiger partial charge >= 0.3 is 11.3 Å². The van der Waals surface area contributed by atoms with Crippen LogP contribution in [0.4, 0.5) is 5.69 Å². The van der Waals surface area contributed by atoms with E-state index < -0.39 is 27.7 Å². The van der Waals surface area contributed by atoms with E-state index in [1.165, 1.54) is 6.07 Å². The molecule has 0 saturated heterocycles. The third kappa shape index (κ3) is 2.47. The predicted octanol–water partition coefficient (Wildman–Crippen LogP) is 3.43. The lowest BCUT2D eigenvalue weighted by atomic mass is 10.1. The Morgan fingerprint density at radius 3 is 2.35 bits per heavy atom. The molecule has 0 fully saturated rings. The summed E-state index contributed by atoms with van der Waals surface area (Å²) in [5, 5.41) is 30.9. The van der Waals surface area contributed by atoms with E-state index in [0.717, 1.165) is 6.07 Å². The van der Waals surface area contributed by atoms with Crippen molar-refractivity contribution in [2.24, 2.45) is 0 Å². The molecule has 0 aliphatic heterocycles. The Labute approximate surface area is 133 Å². The normalized spacial score (nSPS) is 10.8. The van der Waals surface area contributed by atoms with Gasteiger partial charge in [-0.15, -0.1) is 0 Å². The van der Waals surface area contributed by atoms with Crippen LogP contribution < -0.4 is 5.63 Å². The van der Waals surface area contributed by atoms with Crippen LogP contribution >= 0.6 is 11.6 Å². The van der Waals surface area contributed by atoms with Crippen molar-refractivity contribution in [2.45, 2.75) is 0 Å². The van der Waals surface area contributed by atoms with Gasteiger partial charge < -0.3 is 14.6 Å². The molecule has 7 nitrogen and oxygen atoms in total. The molecule has 0 spiro atoms. The van der Waals surface area contributed by atoms with Crippen LogP contribution in [0.3, 0.4) is 0 Å². The van der Waals surface area contributed by atoms with Crippen LogP contribution in [0, 0.1) is 10.1 Å². The molecule has 3 rings (SSSR count). The van der Waals surface area contributed by atoms with E-state index in [2.05, 4.69) is 0 Å². The van der Waals surface area contributed by atoms with Crippen molar-refractivity contribution in [1.82, 2.24) is 0 Å². The van der Waals surface area contributed by atoms with Gasteiger partial charge in [0.15, 0.2) is 5.58 Å². The lowest BCUT2D eigenvalue weighted by Crippen LogP contribution is -2.03. The van der Waals surface area contributed by atoms with Gasteiger partial charge in [0.2, 0.25) is 11.5 Å². The first-order chi connectivity index (χ1) is 10.9. The minimum Gasteiger partial charge on any atom is -0.501 e. The second-order valence-electron chi connectivity index (χ2n) is 4.72. The standard InChI is InChI=1S/C15H8ClNO6/c16-9-3-1-7(2-4-9)10-5-8-6-11(17(21)22)12(18)13(19)14(8)23-15(10)20/h1-6,18-19H. The van der Waals surface area contributed by atoms with Gasteiger partial charge in [0.25, 0.3) is 0 Å². The molecule has 0 atom stereocenters. The van der Waals surface area contributed by atoms with E-state index in [9.17, 15) is 25.1 Å². The van der Waals surface area contributed by atoms with Gasteiger partial charge in [0.1, 0.15) is 0 Å². The highest BCUT2D eigenvalue weighted by atomic mass is 35.5. The number of phenols is 2. The van der Waals surface area contributed by atoms with Crippen molar-refractivity contribution >= 4 is 28.3 Å². The van der Waals surface area contributed by atoms with Crippen molar-refractivity contribution in [1.29, 1.82) is 0 Å². The monoisotopic (exact) mass is 333 g/mol. The molecule has 0 unspecified atom stereocenters. The Balaban J connectivity index is 2.32. The number of phenolic OH excluding ortho intramolecular Hbond substituents is 2. The zero-order valence-corrected chi connectivity index (χ0v) is 12.1. The minimum atomic E-state index is -0.954. The Morgan fingerprint density at radius 1 is 1.09 bits per heavy atom. The van der Waals surface area contributed by atoms with E-state index >= 15 is 0 Å². The summed E-state index contributed by atoms with van der Waals surface area (Å²) in [4.78, 5) is 22.1. The number of benzene rings is 2. The smallest absolute Gasteiger partial charge is 0.344 e. The highest BCUT2D eigenvalue weighted by Crippen LogP contribution is 2.41. The lowest BCUT2D eigenvalue weighted by Gasteiger charge is -2.06. The van der Waals surface area contributed by atoms with Crippen LogP contribution in [0.5, 0.6) is 11.5 Å². The van der Waals surface area contributed by atoms with Crippen LogP contribution in [0.25, 0.3) is 22.1 Å². The maximum atomic E-state index is 12.1. The van der Waals surface area contributed by atoms with Gasteiger partial charge in [-0.25, -0.2) is 4.79 Å². The average Bonchev–Trinajstić information content (AvgIpc) is 2.51. The summed E-state index contributed by atoms with van der Waals surface area (Å²) < 4.78 is 5.00. The zero-order valence-electron chi connectivity index (χ0n) is 11.3. The van der Waals surface area contributed by atoms with Crippen molar-refractivity contribution in [3.63, 3.8) is 0 Å². The molecule has 1 heterocycles. The summed E-state index contributed by atoms with van der Waals surface area (Å²) in [6.07, 6.45) is 0. The summed E-state index contributed by atoms with van der Waals surface area (Å²) in [5.74, 6) is -1.81. The summed E-state index contributed by atoms with van der Waals surface area (Å²) in [7, 11) is 0. The summed E-state index contributed by atoms with van der Waals surface area (Å²) in [6, 6.07) is 8.71. The maximum Gasteiger partial charge on any atom is 0.344 e. The van der Waals surface area contributed by atoms with Crippen LogP contribution in [0.1, 0.15) is 0 Å². The molecule has 1 aromatic heterocycles. The first-order valence-corrected chi connectivity index (χ1v) is 6.69. The van der Waals surface area contributed by atoms with Crippen LogP contribution in [0.15, 0.2) is 45.6 Å². The third-order valence-electron chi connectivity index (χ3n) is 3.30. The number of aromatic hydroxyl groups is 2. The molecule has 0 bridgehead atoms. The molecule has 0 aliphatic rings. The lowest BCUT2D eigenvalue weighted by molar-refractivity contribution is -0.385. The van der Waals surface area contributed by atoms with Gasteiger partial charge in [-0.3, -0.25) is 10.1 Å². The molecular weight excluding hydrogens is 326 g/mol. The van der Waals surface area contributed by atoms with Crippen LogP contribution in [-0.4, -0.2) is 15.1 Å². The zero-order chi connectivity index (χ0) is 16.7. The van der Waals surface area contributed by atoms with E-state index in [1.807, 2.05) is 0 Å². The molecule has 0 radical (unpaired) electrons. The van der Waals surface area contributed by atoms with Gasteiger partial charge in [-0.1, -0.05) is 23.7 Å². The van der Waals surface area contributed by atoms with Crippen molar-refractivity contribution in [2.75, 3.05) is 0 Å². The third-order valence-corrected chi connectivity index (χ3v) is 3.55. The Kier molecular flexibility index (Phi) is 3.42. The first kappa shape index (κ1) is 14.9. The largest absolute Gasteiger partial charge is 0.501 e. The van der Waals surface area contributed by atoms with E-state index in [-0.39, 0.29) is 16.5 Å². The van der Waals surface area contributed by atoms with Gasteiger partial charge in [-0.2, -0.15) is 0 Å². The van der Waals surface area contributed by atoms with Crippen molar-refractivity contribution < 1.29 is 19.6 Å². The maximum absolute atomic E-state index is 12.1. The van der Waals surface area contributed by atoms with E-state index in [1.54, 1.807) is 24.3 Å². The molecular formula is C15H8ClNO6. The van der Waals surface area contributed by atoms with Crippen molar-refractivity contribution in [3.8, 4) is 22.6 Å². The quantitative estimate of drug-likeness (QED) is 0.321. The Morgan fingerprint density at radius 2 is 1.74 bits per heavy atom. The number of fused-ring (bicyclic) bond motifs is 1. The number of hydrogen-bond acceptors (Lipinski definition) is 6. The number of hydrogen-bond donors (Lipinski definition) is 2. The molecule has 116 valence electrons. The van der Waals surface area contributed by atoms with E-state index in [4.69, 9.17) is 16.0 Å². The number of nitro groups is 1. The van der Waals surface area contributed by atoms with Crippen molar-refractivity contribution in [3.05, 3.63) is 62.0 Å². The molecule has 8 heteroatoms. The Bertz CT molecular complexity index is 994. The fourth-order valence-electron chi connectivity index (χ4n) is 2.19. The number of nitrogens with zero attached hydrogens (tertiary/aromatic N) is 1. The first-order valence-electron chi connectivity index (χ1n) is 6.31. The number of nitro benzene ring substituents is 1. The molecule has 0 aliphatic carbocycles. The highest BCUT2D eigenvalue weighted by Gasteiger charge is 2.23. The van der Waals surface area contributed by atoms with E-state index in [0.29, 0.717) is 10.6 Å². The van der Waals surface area contributed by atoms with Crippen LogP contribution in [-0.2, 0) is 0 Å². The summed E-state index contributed by atoms with van der Waals surface area (Å²) in [5.41, 5.74) is -1.13. The highest BCUT2D eigenvalue weighted by molar-refractivity contribution is 6.30. The second kappa shape index (κ2) is 5.29. The molecule has 0 saturated carbocycles.